The van der Waals surface area contributed by atoms with Gasteiger partial charge in [-0.3, -0.25) is 0 Å². The number of carbonyl (C=O) groups excluding carboxylic acids is 1. The summed E-state index contributed by atoms with van der Waals surface area (Å²) in [7, 11) is 0. The number of rotatable bonds is 2. The Morgan fingerprint density at radius 2 is 2.16 bits per heavy atom. The number of nitrogens with one attached hydrogen (secondary N) is 1. The molecule has 0 unspecified atom stereocenters. The molecule has 2 amide bonds. The van der Waals surface area contributed by atoms with Gasteiger partial charge in [0.05, 0.1) is 11.4 Å². The normalized spacial score (nSPS) is 14.0. The second-order valence-corrected chi connectivity index (χ2v) is 5.50. The maximum atomic E-state index is 11.9. The minimum absolute atomic E-state index is 0.0683. The van der Waals surface area contributed by atoms with Crippen LogP contribution in [0, 0.1) is 0 Å². The lowest BCUT2D eigenvalue weighted by Crippen LogP contribution is -2.44. The van der Waals surface area contributed by atoms with Crippen LogP contribution in [0.3, 0.4) is 0 Å². The molecule has 1 fully saturated rings. The molecular formula is C14H15N3OS. The largest absolute Gasteiger partial charge is 0.397 e. The average Bonchev–Trinajstić information content (AvgIpc) is 2.83. The van der Waals surface area contributed by atoms with Crippen molar-refractivity contribution in [3.63, 3.8) is 0 Å². The Hall–Kier alpha value is -2.01. The Morgan fingerprint density at radius 3 is 2.79 bits per heavy atom. The second kappa shape index (κ2) is 4.93. The van der Waals surface area contributed by atoms with Gasteiger partial charge in [-0.05, 0) is 35.6 Å². The van der Waals surface area contributed by atoms with E-state index in [0.29, 0.717) is 11.4 Å². The van der Waals surface area contributed by atoms with Crippen LogP contribution < -0.4 is 11.1 Å². The van der Waals surface area contributed by atoms with Gasteiger partial charge in [-0.15, -0.1) is 11.3 Å². The van der Waals surface area contributed by atoms with Crippen molar-refractivity contribution in [3.8, 4) is 10.4 Å². The summed E-state index contributed by atoms with van der Waals surface area (Å²) in [4.78, 5) is 14.8. The number of carbonyl (C=O) groups is 1. The molecule has 2 aromatic rings. The number of anilines is 2. The predicted octanol–water partition coefficient (Wildman–Crippen LogP) is 3.23. The number of nitrogen functional groups attached to an aromatic ring is 1. The highest BCUT2D eigenvalue weighted by Crippen LogP contribution is 2.30. The third kappa shape index (κ3) is 2.42. The first kappa shape index (κ1) is 12.0. The van der Waals surface area contributed by atoms with Crippen LogP contribution in [-0.2, 0) is 0 Å². The molecule has 4 nitrogen and oxygen atoms in total. The minimum Gasteiger partial charge on any atom is -0.397 e. The molecule has 1 saturated heterocycles. The lowest BCUT2D eigenvalue weighted by Gasteiger charge is -2.31. The quantitative estimate of drug-likeness (QED) is 0.825. The van der Waals surface area contributed by atoms with Crippen molar-refractivity contribution in [3.05, 3.63) is 35.7 Å². The highest BCUT2D eigenvalue weighted by Gasteiger charge is 2.20. The van der Waals surface area contributed by atoms with E-state index in [0.717, 1.165) is 25.1 Å². The van der Waals surface area contributed by atoms with E-state index in [4.69, 9.17) is 5.73 Å². The molecule has 1 aromatic heterocycles. The van der Waals surface area contributed by atoms with E-state index in [2.05, 4.69) is 11.4 Å². The van der Waals surface area contributed by atoms with Crippen molar-refractivity contribution in [2.75, 3.05) is 24.1 Å². The number of likely N-dealkylation sites (tertiary alicyclic amines) is 1. The fourth-order valence-electron chi connectivity index (χ4n) is 1.97. The summed E-state index contributed by atoms with van der Waals surface area (Å²) in [5.41, 5.74) is 8.27. The molecule has 2 heterocycles. The zero-order chi connectivity index (χ0) is 13.2. The van der Waals surface area contributed by atoms with Gasteiger partial charge in [-0.1, -0.05) is 12.1 Å². The smallest absolute Gasteiger partial charge is 0.321 e. The van der Waals surface area contributed by atoms with Gasteiger partial charge in [0, 0.05) is 18.0 Å². The molecule has 1 aromatic carbocycles. The summed E-state index contributed by atoms with van der Waals surface area (Å²) in [6.07, 6.45) is 1.08. The van der Waals surface area contributed by atoms with E-state index in [1.54, 1.807) is 16.2 Å². The molecule has 5 heteroatoms. The van der Waals surface area contributed by atoms with Gasteiger partial charge in [0.15, 0.2) is 0 Å². The van der Waals surface area contributed by atoms with Crippen molar-refractivity contribution < 1.29 is 4.79 Å². The number of amides is 2. The summed E-state index contributed by atoms with van der Waals surface area (Å²) in [5, 5.41) is 4.91. The molecule has 0 spiro atoms. The molecule has 0 bridgehead atoms. The van der Waals surface area contributed by atoms with Gasteiger partial charge in [0.1, 0.15) is 0 Å². The molecule has 98 valence electrons. The second-order valence-electron chi connectivity index (χ2n) is 4.55. The number of thiophene rings is 1. The van der Waals surface area contributed by atoms with Gasteiger partial charge in [0.25, 0.3) is 0 Å². The molecule has 3 rings (SSSR count). The summed E-state index contributed by atoms with van der Waals surface area (Å²) >= 11 is 1.67. The molecule has 0 aliphatic carbocycles. The molecule has 0 atom stereocenters. The lowest BCUT2D eigenvalue weighted by molar-refractivity contribution is 0.181. The van der Waals surface area contributed by atoms with E-state index in [1.165, 1.54) is 4.88 Å². The number of hydrogen-bond acceptors (Lipinski definition) is 3. The standard InChI is InChI=1S/C14H15N3OS/c15-11-5-4-10(13-3-1-8-19-13)9-12(11)16-14(18)17-6-2-7-17/h1,3-5,8-9H,2,6-7,15H2,(H,16,18). The monoisotopic (exact) mass is 273 g/mol. The van der Waals surface area contributed by atoms with Crippen molar-refractivity contribution in [2.24, 2.45) is 0 Å². The maximum absolute atomic E-state index is 11.9. The van der Waals surface area contributed by atoms with E-state index >= 15 is 0 Å². The zero-order valence-corrected chi connectivity index (χ0v) is 11.2. The van der Waals surface area contributed by atoms with Crippen LogP contribution in [0.2, 0.25) is 0 Å². The van der Waals surface area contributed by atoms with Gasteiger partial charge in [-0.2, -0.15) is 0 Å². The molecule has 1 aliphatic heterocycles. The first-order chi connectivity index (χ1) is 9.24. The molecule has 0 radical (unpaired) electrons. The van der Waals surface area contributed by atoms with E-state index in [-0.39, 0.29) is 6.03 Å². The van der Waals surface area contributed by atoms with Crippen molar-refractivity contribution in [1.29, 1.82) is 0 Å². The number of nitrogens with two attached hydrogens (primary N) is 1. The fraction of sp³-hybridized carbons (Fsp3) is 0.214. The van der Waals surface area contributed by atoms with Gasteiger partial charge >= 0.3 is 6.03 Å². The first-order valence-corrected chi connectivity index (χ1v) is 7.11. The summed E-state index contributed by atoms with van der Waals surface area (Å²) in [6, 6.07) is 9.73. The molecule has 1 aliphatic rings. The lowest BCUT2D eigenvalue weighted by atomic mass is 10.1. The SMILES string of the molecule is Nc1ccc(-c2cccs2)cc1NC(=O)N1CCC1. The highest BCUT2D eigenvalue weighted by atomic mass is 32.1. The van der Waals surface area contributed by atoms with Crippen LogP contribution in [-0.4, -0.2) is 24.0 Å². The van der Waals surface area contributed by atoms with Gasteiger partial charge in [-0.25, -0.2) is 4.79 Å². The van der Waals surface area contributed by atoms with Crippen LogP contribution in [0.4, 0.5) is 16.2 Å². The Balaban J connectivity index is 1.83. The number of hydrogen-bond donors (Lipinski definition) is 2. The molecule has 3 N–H and O–H groups in total. The third-order valence-electron chi connectivity index (χ3n) is 3.24. The van der Waals surface area contributed by atoms with Gasteiger partial charge in [0.2, 0.25) is 0 Å². The maximum Gasteiger partial charge on any atom is 0.321 e. The molecule has 19 heavy (non-hydrogen) atoms. The van der Waals surface area contributed by atoms with Crippen LogP contribution in [0.5, 0.6) is 0 Å². The van der Waals surface area contributed by atoms with Crippen LogP contribution in [0.1, 0.15) is 6.42 Å². The van der Waals surface area contributed by atoms with Crippen molar-refractivity contribution >= 4 is 28.7 Å². The molecule has 0 saturated carbocycles. The zero-order valence-electron chi connectivity index (χ0n) is 10.4. The average molecular weight is 273 g/mol. The minimum atomic E-state index is -0.0683. The number of benzene rings is 1. The first-order valence-electron chi connectivity index (χ1n) is 6.23. The van der Waals surface area contributed by atoms with Crippen molar-refractivity contribution in [1.82, 2.24) is 4.90 Å². The van der Waals surface area contributed by atoms with Crippen LogP contribution in [0.15, 0.2) is 35.7 Å². The van der Waals surface area contributed by atoms with Gasteiger partial charge < -0.3 is 16.0 Å². The summed E-state index contributed by atoms with van der Waals surface area (Å²) < 4.78 is 0. The number of nitrogens with zero attached hydrogens (tertiary/aromatic N) is 1. The third-order valence-corrected chi connectivity index (χ3v) is 4.16. The predicted molar refractivity (Wildman–Crippen MR) is 79.4 cm³/mol. The highest BCUT2D eigenvalue weighted by molar-refractivity contribution is 7.13. The Bertz CT molecular complexity index is 591. The van der Waals surface area contributed by atoms with Crippen LogP contribution >= 0.6 is 11.3 Å². The molecular weight excluding hydrogens is 258 g/mol. The fourth-order valence-corrected chi connectivity index (χ4v) is 2.70. The summed E-state index contributed by atoms with van der Waals surface area (Å²) in [6.45, 7) is 1.66. The van der Waals surface area contributed by atoms with Crippen molar-refractivity contribution in [2.45, 2.75) is 6.42 Å². The Labute approximate surface area is 115 Å². The Kier molecular flexibility index (Phi) is 3.13. The van der Waals surface area contributed by atoms with E-state index in [1.807, 2.05) is 29.6 Å². The Morgan fingerprint density at radius 1 is 1.32 bits per heavy atom. The number of urea groups is 1. The van der Waals surface area contributed by atoms with Crippen LogP contribution in [0.25, 0.3) is 10.4 Å². The topological polar surface area (TPSA) is 58.4 Å². The summed E-state index contributed by atoms with van der Waals surface area (Å²) in [5.74, 6) is 0. The van der Waals surface area contributed by atoms with E-state index in [9.17, 15) is 4.79 Å². The van der Waals surface area contributed by atoms with E-state index < -0.39 is 0 Å².